The zero-order chi connectivity index (χ0) is 12.0. The standard InChI is InChI=1S/C13H13N3O/c1-9-7-12(17)16-8-10-5-3-4-6-11(10)15(2)13(16)14-9/h3-7H,8H2,1-2H3. The van der Waals surface area contributed by atoms with E-state index in [1.165, 1.54) is 0 Å². The molecule has 4 heteroatoms. The molecule has 1 aliphatic heterocycles. The summed E-state index contributed by atoms with van der Waals surface area (Å²) in [7, 11) is 1.94. The molecule has 0 saturated heterocycles. The van der Waals surface area contributed by atoms with E-state index in [1.54, 1.807) is 10.6 Å². The SMILES string of the molecule is Cc1cc(=O)n2c(n1)N(C)c1ccccc1C2. The summed E-state index contributed by atoms with van der Waals surface area (Å²) in [4.78, 5) is 18.3. The Morgan fingerprint density at radius 3 is 2.88 bits per heavy atom. The van der Waals surface area contributed by atoms with Crippen LogP contribution >= 0.6 is 0 Å². The molecule has 0 amide bonds. The van der Waals surface area contributed by atoms with Gasteiger partial charge < -0.3 is 4.90 Å². The molecule has 0 fully saturated rings. The van der Waals surface area contributed by atoms with Crippen LogP contribution in [0.1, 0.15) is 11.3 Å². The summed E-state index contributed by atoms with van der Waals surface area (Å²) in [6.45, 7) is 2.44. The maximum absolute atomic E-state index is 11.9. The molecule has 1 aliphatic rings. The van der Waals surface area contributed by atoms with Gasteiger partial charge >= 0.3 is 0 Å². The van der Waals surface area contributed by atoms with Gasteiger partial charge in [0.2, 0.25) is 5.95 Å². The Balaban J connectivity index is 2.27. The summed E-state index contributed by atoms with van der Waals surface area (Å²) in [5.41, 5.74) is 3.03. The summed E-state index contributed by atoms with van der Waals surface area (Å²) in [6, 6.07) is 9.66. The Bertz CT molecular complexity index is 645. The van der Waals surface area contributed by atoms with E-state index in [4.69, 9.17) is 0 Å². The van der Waals surface area contributed by atoms with E-state index in [0.29, 0.717) is 12.5 Å². The Labute approximate surface area is 99.1 Å². The summed E-state index contributed by atoms with van der Waals surface area (Å²) in [5.74, 6) is 0.716. The third kappa shape index (κ3) is 1.45. The number of hydrogen-bond acceptors (Lipinski definition) is 3. The minimum absolute atomic E-state index is 0.00820. The van der Waals surface area contributed by atoms with Crippen molar-refractivity contribution in [1.29, 1.82) is 0 Å². The molecule has 1 aromatic carbocycles. The molecule has 0 spiro atoms. The molecule has 0 atom stereocenters. The lowest BCUT2D eigenvalue weighted by atomic mass is 10.1. The number of rotatable bonds is 0. The molecule has 0 aliphatic carbocycles. The number of aromatic nitrogens is 2. The Morgan fingerprint density at radius 1 is 1.29 bits per heavy atom. The van der Waals surface area contributed by atoms with E-state index in [-0.39, 0.29) is 5.56 Å². The van der Waals surface area contributed by atoms with E-state index in [0.717, 1.165) is 16.9 Å². The molecule has 0 saturated carbocycles. The number of aryl methyl sites for hydroxylation is 1. The van der Waals surface area contributed by atoms with Crippen molar-refractivity contribution >= 4 is 11.6 Å². The highest BCUT2D eigenvalue weighted by atomic mass is 16.1. The van der Waals surface area contributed by atoms with Crippen molar-refractivity contribution in [3.05, 3.63) is 51.9 Å². The van der Waals surface area contributed by atoms with Crippen LogP contribution in [0.2, 0.25) is 0 Å². The molecule has 1 aromatic heterocycles. The van der Waals surface area contributed by atoms with Crippen LogP contribution in [0.3, 0.4) is 0 Å². The minimum atomic E-state index is 0.00820. The highest BCUT2D eigenvalue weighted by Crippen LogP contribution is 2.30. The minimum Gasteiger partial charge on any atom is -0.315 e. The maximum Gasteiger partial charge on any atom is 0.255 e. The molecule has 2 aromatic rings. The van der Waals surface area contributed by atoms with Gasteiger partial charge in [-0.2, -0.15) is 0 Å². The quantitative estimate of drug-likeness (QED) is 0.687. The zero-order valence-corrected chi connectivity index (χ0v) is 9.84. The Kier molecular flexibility index (Phi) is 2.04. The van der Waals surface area contributed by atoms with Crippen LogP contribution < -0.4 is 10.5 Å². The van der Waals surface area contributed by atoms with Crippen molar-refractivity contribution in [3.8, 4) is 0 Å². The second kappa shape index (κ2) is 3.45. The molecular formula is C13H13N3O. The average Bonchev–Trinajstić information content (AvgIpc) is 2.31. The number of hydrogen-bond donors (Lipinski definition) is 0. The van der Waals surface area contributed by atoms with E-state index in [1.807, 2.05) is 43.1 Å². The van der Waals surface area contributed by atoms with Gasteiger partial charge in [-0.1, -0.05) is 18.2 Å². The summed E-state index contributed by atoms with van der Waals surface area (Å²) in [5, 5.41) is 0. The largest absolute Gasteiger partial charge is 0.315 e. The fraction of sp³-hybridized carbons (Fsp3) is 0.231. The Morgan fingerprint density at radius 2 is 2.06 bits per heavy atom. The van der Waals surface area contributed by atoms with Crippen LogP contribution in [0.4, 0.5) is 11.6 Å². The predicted octanol–water partition coefficient (Wildman–Crippen LogP) is 1.68. The molecule has 3 rings (SSSR count). The molecule has 0 unspecified atom stereocenters. The predicted molar refractivity (Wildman–Crippen MR) is 66.8 cm³/mol. The lowest BCUT2D eigenvalue weighted by Crippen LogP contribution is -2.32. The first-order valence-corrected chi connectivity index (χ1v) is 5.57. The van der Waals surface area contributed by atoms with Crippen molar-refractivity contribution in [3.63, 3.8) is 0 Å². The molecular weight excluding hydrogens is 214 g/mol. The van der Waals surface area contributed by atoms with Gasteiger partial charge in [-0.05, 0) is 18.6 Å². The maximum atomic E-state index is 11.9. The molecule has 86 valence electrons. The third-order valence-electron chi connectivity index (χ3n) is 3.10. The number of benzene rings is 1. The number of fused-ring (bicyclic) bond motifs is 2. The van der Waals surface area contributed by atoms with Crippen LogP contribution in [0.25, 0.3) is 0 Å². The van der Waals surface area contributed by atoms with E-state index in [9.17, 15) is 4.79 Å². The monoisotopic (exact) mass is 227 g/mol. The van der Waals surface area contributed by atoms with Crippen LogP contribution in [0, 0.1) is 6.92 Å². The van der Waals surface area contributed by atoms with Crippen LogP contribution in [-0.2, 0) is 6.54 Å². The number of nitrogens with zero attached hydrogens (tertiary/aromatic N) is 3. The van der Waals surface area contributed by atoms with Gasteiger partial charge in [-0.3, -0.25) is 9.36 Å². The van der Waals surface area contributed by atoms with Gasteiger partial charge in [0.1, 0.15) is 0 Å². The van der Waals surface area contributed by atoms with Gasteiger partial charge in [0.15, 0.2) is 0 Å². The second-order valence-corrected chi connectivity index (χ2v) is 4.31. The third-order valence-corrected chi connectivity index (χ3v) is 3.10. The van der Waals surface area contributed by atoms with Crippen molar-refractivity contribution < 1.29 is 0 Å². The lowest BCUT2D eigenvalue weighted by molar-refractivity contribution is 0.700. The van der Waals surface area contributed by atoms with Gasteiger partial charge in [-0.25, -0.2) is 4.98 Å². The summed E-state index contributed by atoms with van der Waals surface area (Å²) >= 11 is 0. The fourth-order valence-electron chi connectivity index (χ4n) is 2.26. The highest BCUT2D eigenvalue weighted by molar-refractivity contribution is 5.64. The molecule has 0 radical (unpaired) electrons. The number of anilines is 2. The van der Waals surface area contributed by atoms with E-state index >= 15 is 0 Å². The van der Waals surface area contributed by atoms with Gasteiger partial charge in [0.25, 0.3) is 5.56 Å². The van der Waals surface area contributed by atoms with Gasteiger partial charge in [-0.15, -0.1) is 0 Å². The van der Waals surface area contributed by atoms with E-state index in [2.05, 4.69) is 4.98 Å². The molecule has 4 nitrogen and oxygen atoms in total. The number of para-hydroxylation sites is 1. The summed E-state index contributed by atoms with van der Waals surface area (Å²) < 4.78 is 1.70. The first-order valence-electron chi connectivity index (χ1n) is 5.57. The fourth-order valence-corrected chi connectivity index (χ4v) is 2.26. The van der Waals surface area contributed by atoms with Crippen molar-refractivity contribution in [2.75, 3.05) is 11.9 Å². The Hall–Kier alpha value is -2.10. The van der Waals surface area contributed by atoms with Crippen molar-refractivity contribution in [2.45, 2.75) is 13.5 Å². The summed E-state index contributed by atoms with van der Waals surface area (Å²) in [6.07, 6.45) is 0. The second-order valence-electron chi connectivity index (χ2n) is 4.31. The highest BCUT2D eigenvalue weighted by Gasteiger charge is 2.21. The zero-order valence-electron chi connectivity index (χ0n) is 9.84. The van der Waals surface area contributed by atoms with Gasteiger partial charge in [0.05, 0.1) is 6.54 Å². The van der Waals surface area contributed by atoms with Gasteiger partial charge in [0, 0.05) is 24.5 Å². The topological polar surface area (TPSA) is 38.1 Å². The lowest BCUT2D eigenvalue weighted by Gasteiger charge is -2.29. The first-order chi connectivity index (χ1) is 8.16. The van der Waals surface area contributed by atoms with E-state index < -0.39 is 0 Å². The molecule has 2 heterocycles. The van der Waals surface area contributed by atoms with Crippen LogP contribution in [0.15, 0.2) is 35.1 Å². The van der Waals surface area contributed by atoms with Crippen LogP contribution in [0.5, 0.6) is 0 Å². The molecule has 0 bridgehead atoms. The van der Waals surface area contributed by atoms with Crippen molar-refractivity contribution in [1.82, 2.24) is 9.55 Å². The van der Waals surface area contributed by atoms with Crippen molar-refractivity contribution in [2.24, 2.45) is 0 Å². The molecule has 17 heavy (non-hydrogen) atoms. The first kappa shape index (κ1) is 10.1. The molecule has 0 N–H and O–H groups in total. The van der Waals surface area contributed by atoms with Crippen LogP contribution in [-0.4, -0.2) is 16.6 Å². The average molecular weight is 227 g/mol. The normalized spacial score (nSPS) is 13.2. The smallest absolute Gasteiger partial charge is 0.255 e.